The molecule has 0 aliphatic rings. The minimum atomic E-state index is -1.34. The van der Waals surface area contributed by atoms with Gasteiger partial charge in [-0.15, -0.1) is 0 Å². The van der Waals surface area contributed by atoms with Gasteiger partial charge in [-0.05, 0) is 87.6 Å². The number of hydrogen-bond donors (Lipinski definition) is 15. The molecule has 25 heteroatoms. The van der Waals surface area contributed by atoms with Crippen molar-refractivity contribution in [3.63, 3.8) is 0 Å². The summed E-state index contributed by atoms with van der Waals surface area (Å²) in [7, 11) is 0. The number of para-hydroxylation sites is 1. The minimum Gasteiger partial charge on any atom is -0.370 e. The number of carbonyl (C=O) groups excluding carboxylic acids is 8. The van der Waals surface area contributed by atoms with E-state index in [4.69, 9.17) is 34.4 Å². The molecule has 76 heavy (non-hydrogen) atoms. The zero-order chi connectivity index (χ0) is 55.6. The van der Waals surface area contributed by atoms with Crippen LogP contribution in [0.3, 0.4) is 0 Å². The lowest BCUT2D eigenvalue weighted by atomic mass is 10.0. The SMILES string of the molecule is CC(C)[C@H](NC(=O)[C@H](CCCCN)NC(=O)[C@H](CCCCN)NC(=O)CNC(=O)[C@H](Cc1c[nH]c2ccccc12)NC(=O)[C@H](CCCN=C(N)N)NC(=O)[C@H](Cc1ccccc1)NC(=O)[C@@H](N)Cc1cnc[nH]1)C(N)=O. The number of unbranched alkanes of at least 4 members (excludes halogenated alkanes) is 2. The van der Waals surface area contributed by atoms with Crippen LogP contribution in [0.2, 0.25) is 0 Å². The number of nitrogens with two attached hydrogens (primary N) is 6. The second-order valence-corrected chi connectivity index (χ2v) is 18.9. The third-order valence-corrected chi connectivity index (χ3v) is 12.4. The number of nitrogens with one attached hydrogen (secondary N) is 9. The van der Waals surface area contributed by atoms with E-state index in [2.05, 4.69) is 57.2 Å². The highest BCUT2D eigenvalue weighted by atomic mass is 16.2. The molecule has 0 radical (unpaired) electrons. The Balaban J connectivity index is 1.57. The Morgan fingerprint density at radius 3 is 1.75 bits per heavy atom. The number of H-pyrrole nitrogens is 2. The molecule has 414 valence electrons. The van der Waals surface area contributed by atoms with Gasteiger partial charge in [0.15, 0.2) is 5.96 Å². The monoisotopic (exact) mass is 1060 g/mol. The lowest BCUT2D eigenvalue weighted by Crippen LogP contribution is -2.59. The van der Waals surface area contributed by atoms with Gasteiger partial charge in [-0.1, -0.05) is 62.4 Å². The Bertz CT molecular complexity index is 2530. The molecule has 21 N–H and O–H groups in total. The smallest absolute Gasteiger partial charge is 0.243 e. The van der Waals surface area contributed by atoms with Crippen LogP contribution in [0.1, 0.15) is 82.0 Å². The van der Waals surface area contributed by atoms with Crippen LogP contribution in [-0.4, -0.2) is 137 Å². The van der Waals surface area contributed by atoms with E-state index in [1.54, 1.807) is 50.4 Å². The lowest BCUT2D eigenvalue weighted by Gasteiger charge is -2.26. The first-order valence-electron chi connectivity index (χ1n) is 25.6. The first-order valence-corrected chi connectivity index (χ1v) is 25.6. The fourth-order valence-corrected chi connectivity index (χ4v) is 8.26. The quantitative estimate of drug-likeness (QED) is 0.0133. The molecule has 0 fully saturated rings. The van der Waals surface area contributed by atoms with E-state index in [1.165, 1.54) is 12.5 Å². The van der Waals surface area contributed by atoms with Crippen molar-refractivity contribution >= 4 is 64.1 Å². The van der Waals surface area contributed by atoms with E-state index in [1.807, 2.05) is 24.3 Å². The molecule has 0 spiro atoms. The number of aromatic amines is 2. The molecule has 4 aromatic rings. The Morgan fingerprint density at radius 1 is 0.605 bits per heavy atom. The fraction of sp³-hybridized carbons (Fsp3) is 0.490. The summed E-state index contributed by atoms with van der Waals surface area (Å²) < 4.78 is 0. The van der Waals surface area contributed by atoms with Crippen molar-refractivity contribution in [2.45, 2.75) is 127 Å². The maximum atomic E-state index is 14.5. The Kier molecular flexibility index (Phi) is 25.3. The predicted octanol–water partition coefficient (Wildman–Crippen LogP) is -2.28. The summed E-state index contributed by atoms with van der Waals surface area (Å²) in [6, 6.07) is 8.02. The van der Waals surface area contributed by atoms with Crippen molar-refractivity contribution in [3.8, 4) is 0 Å². The van der Waals surface area contributed by atoms with Gasteiger partial charge in [0.1, 0.15) is 36.3 Å². The summed E-state index contributed by atoms with van der Waals surface area (Å²) in [6.07, 6.45) is 7.15. The number of fused-ring (bicyclic) bond motifs is 1. The van der Waals surface area contributed by atoms with Crippen LogP contribution in [0, 0.1) is 5.92 Å². The van der Waals surface area contributed by atoms with Crippen LogP contribution in [-0.2, 0) is 57.6 Å². The summed E-state index contributed by atoms with van der Waals surface area (Å²) in [5.41, 5.74) is 37.1. The van der Waals surface area contributed by atoms with Gasteiger partial charge >= 0.3 is 0 Å². The Morgan fingerprint density at radius 2 is 1.16 bits per heavy atom. The Labute approximate surface area is 441 Å². The van der Waals surface area contributed by atoms with Gasteiger partial charge in [0.2, 0.25) is 47.3 Å². The van der Waals surface area contributed by atoms with Gasteiger partial charge in [-0.3, -0.25) is 43.3 Å². The van der Waals surface area contributed by atoms with Crippen molar-refractivity contribution in [1.29, 1.82) is 0 Å². The summed E-state index contributed by atoms with van der Waals surface area (Å²) in [4.78, 5) is 124. The predicted molar refractivity (Wildman–Crippen MR) is 287 cm³/mol. The number of carbonyl (C=O) groups is 8. The zero-order valence-corrected chi connectivity index (χ0v) is 43.3. The molecule has 4 rings (SSSR count). The molecule has 2 aromatic carbocycles. The zero-order valence-electron chi connectivity index (χ0n) is 43.3. The number of guanidine groups is 1. The van der Waals surface area contributed by atoms with Crippen LogP contribution in [0.25, 0.3) is 10.9 Å². The molecule has 0 aliphatic carbocycles. The van der Waals surface area contributed by atoms with Crippen LogP contribution in [0.5, 0.6) is 0 Å². The maximum absolute atomic E-state index is 14.5. The van der Waals surface area contributed by atoms with Gasteiger partial charge in [-0.25, -0.2) is 4.98 Å². The van der Waals surface area contributed by atoms with Crippen LogP contribution < -0.4 is 71.6 Å². The van der Waals surface area contributed by atoms with E-state index in [0.717, 1.165) is 10.9 Å². The largest absolute Gasteiger partial charge is 0.370 e. The molecule has 0 saturated carbocycles. The molecule has 0 bridgehead atoms. The number of rotatable bonds is 34. The third kappa shape index (κ3) is 20.4. The highest BCUT2D eigenvalue weighted by Crippen LogP contribution is 2.20. The number of aliphatic imine (C=N–C) groups is 1. The van der Waals surface area contributed by atoms with E-state index in [0.29, 0.717) is 55.6 Å². The van der Waals surface area contributed by atoms with Crippen LogP contribution in [0.15, 0.2) is 78.3 Å². The highest BCUT2D eigenvalue weighted by Gasteiger charge is 2.33. The van der Waals surface area contributed by atoms with E-state index >= 15 is 0 Å². The number of hydrogen-bond acceptors (Lipinski definition) is 13. The van der Waals surface area contributed by atoms with Gasteiger partial charge in [0.25, 0.3) is 0 Å². The Hall–Kier alpha value is -7.90. The van der Waals surface area contributed by atoms with Crippen molar-refractivity contribution in [3.05, 3.63) is 90.1 Å². The number of primary amides is 1. The van der Waals surface area contributed by atoms with Crippen LogP contribution >= 0.6 is 0 Å². The van der Waals surface area contributed by atoms with Crippen molar-refractivity contribution in [1.82, 2.24) is 52.2 Å². The molecule has 0 saturated heterocycles. The van der Waals surface area contributed by atoms with E-state index < -0.39 is 96.1 Å². The first kappa shape index (κ1) is 60.7. The maximum Gasteiger partial charge on any atom is 0.243 e. The topological polar surface area (TPSA) is 434 Å². The van der Waals surface area contributed by atoms with Crippen molar-refractivity contribution in [2.24, 2.45) is 45.3 Å². The molecule has 0 unspecified atom stereocenters. The summed E-state index contributed by atoms with van der Waals surface area (Å²) >= 11 is 0. The third-order valence-electron chi connectivity index (χ3n) is 12.4. The second-order valence-electron chi connectivity index (χ2n) is 18.9. The normalized spacial score (nSPS) is 13.9. The van der Waals surface area contributed by atoms with E-state index in [9.17, 15) is 38.4 Å². The van der Waals surface area contributed by atoms with Gasteiger partial charge in [0, 0.05) is 54.8 Å². The number of amides is 8. The molecule has 2 aromatic heterocycles. The molecular weight excluding hydrogens is 979 g/mol. The lowest BCUT2D eigenvalue weighted by molar-refractivity contribution is -0.134. The molecule has 8 amide bonds. The molecule has 25 nitrogen and oxygen atoms in total. The highest BCUT2D eigenvalue weighted by molar-refractivity contribution is 5.97. The van der Waals surface area contributed by atoms with Gasteiger partial charge < -0.3 is 81.6 Å². The average molecular weight is 1060 g/mol. The average Bonchev–Trinajstić information content (AvgIpc) is 4.07. The molecule has 0 aliphatic heterocycles. The summed E-state index contributed by atoms with van der Waals surface area (Å²) in [5.74, 6) is -6.27. The second kappa shape index (κ2) is 31.7. The van der Waals surface area contributed by atoms with Gasteiger partial charge in [0.05, 0.1) is 18.9 Å². The number of benzene rings is 2. The summed E-state index contributed by atoms with van der Waals surface area (Å²) in [6.45, 7) is 3.52. The van der Waals surface area contributed by atoms with Crippen molar-refractivity contribution < 1.29 is 38.4 Å². The molecule has 7 atom stereocenters. The first-order chi connectivity index (χ1) is 36.4. The van der Waals surface area contributed by atoms with Crippen molar-refractivity contribution in [2.75, 3.05) is 26.2 Å². The fourth-order valence-electron chi connectivity index (χ4n) is 8.26. The standard InChI is InChI=1S/C51H77N17O8/c1-30(2)43(44(55)70)68-49(75)38(18-9-11-21-53)64-47(73)37(17-8-10-20-52)63-42(69)28-61-46(72)41(24-32-26-60-36-16-7-6-15-34(32)36)67-48(74)39(19-12-22-59-51(56)57)65-50(76)40(23-31-13-4-3-5-14-31)66-45(71)35(54)25-33-27-58-29-62-33/h3-7,13-16,26-27,29-30,35,37-41,43,60H,8-12,17-25,28,52-54H2,1-2H3,(H2,55,70)(H,58,62)(H,61,72)(H,63,69)(H,64,73)(H,65,76)(H,66,71)(H,67,74)(H,68,75)(H4,56,57,59)/t35-,37-,38-,39-,40-,41-,43-/m0/s1. The van der Waals surface area contributed by atoms with E-state index in [-0.39, 0.29) is 63.4 Å². The molecule has 2 heterocycles. The van der Waals surface area contributed by atoms with Crippen LogP contribution in [0.4, 0.5) is 0 Å². The number of imidazole rings is 1. The number of nitrogens with zero attached hydrogens (tertiary/aromatic N) is 2. The summed E-state index contributed by atoms with van der Waals surface area (Å²) in [5, 5.41) is 19.6. The minimum absolute atomic E-state index is 0.0177. The van der Waals surface area contributed by atoms with Gasteiger partial charge in [-0.2, -0.15) is 0 Å². The number of aromatic nitrogens is 3. The molecular formula is C51H77N17O8.